The van der Waals surface area contributed by atoms with Gasteiger partial charge in [-0.25, -0.2) is 13.2 Å². The number of carbonyl (C=O) groups excluding carboxylic acids is 1. The van der Waals surface area contributed by atoms with E-state index in [4.69, 9.17) is 0 Å². The highest BCUT2D eigenvalue weighted by atomic mass is 19.1. The predicted octanol–water partition coefficient (Wildman–Crippen LogP) is 4.02. The van der Waals surface area contributed by atoms with Crippen LogP contribution in [0.15, 0.2) is 42.5 Å². The minimum atomic E-state index is -1.07. The monoisotopic (exact) mass is 293 g/mol. The zero-order valence-electron chi connectivity index (χ0n) is 11.6. The average molecular weight is 293 g/mol. The molecule has 0 aromatic heterocycles. The summed E-state index contributed by atoms with van der Waals surface area (Å²) in [5, 5.41) is 2.25. The van der Waals surface area contributed by atoms with E-state index in [1.54, 1.807) is 13.8 Å². The maximum absolute atomic E-state index is 13.6. The van der Waals surface area contributed by atoms with Crippen LogP contribution in [0.1, 0.15) is 19.4 Å². The van der Waals surface area contributed by atoms with Crippen molar-refractivity contribution in [2.24, 2.45) is 0 Å². The summed E-state index contributed by atoms with van der Waals surface area (Å²) >= 11 is 0. The second-order valence-corrected chi connectivity index (χ2v) is 5.18. The van der Waals surface area contributed by atoms with Crippen molar-refractivity contribution in [2.45, 2.75) is 19.3 Å². The fourth-order valence-corrected chi connectivity index (χ4v) is 1.88. The molecule has 2 aromatic carbocycles. The summed E-state index contributed by atoms with van der Waals surface area (Å²) in [6.45, 7) is 3.18. The Morgan fingerprint density at radius 1 is 0.952 bits per heavy atom. The number of para-hydroxylation sites is 1. The van der Waals surface area contributed by atoms with E-state index in [2.05, 4.69) is 5.32 Å². The first kappa shape index (κ1) is 15.1. The molecule has 0 saturated carbocycles. The highest BCUT2D eigenvalue weighted by Gasteiger charge is 2.31. The van der Waals surface area contributed by atoms with E-state index in [0.717, 1.165) is 12.1 Å². The summed E-state index contributed by atoms with van der Waals surface area (Å²) < 4.78 is 40.0. The Morgan fingerprint density at radius 3 is 2.00 bits per heavy atom. The van der Waals surface area contributed by atoms with Gasteiger partial charge in [0.05, 0.1) is 5.41 Å². The molecule has 1 amide bonds. The van der Waals surface area contributed by atoms with Crippen LogP contribution in [0, 0.1) is 17.5 Å². The SMILES string of the molecule is CC(C)(C(=O)Nc1c(F)cccc1F)c1ccc(F)cc1. The van der Waals surface area contributed by atoms with Gasteiger partial charge >= 0.3 is 0 Å². The molecule has 0 spiro atoms. The molecule has 2 nitrogen and oxygen atoms in total. The van der Waals surface area contributed by atoms with E-state index < -0.39 is 34.5 Å². The van der Waals surface area contributed by atoms with Crippen LogP contribution in [0.3, 0.4) is 0 Å². The minimum Gasteiger partial charge on any atom is -0.320 e. The summed E-state index contributed by atoms with van der Waals surface area (Å²) in [6, 6.07) is 8.72. The number of benzene rings is 2. The van der Waals surface area contributed by atoms with Gasteiger partial charge in [-0.05, 0) is 43.7 Å². The Hall–Kier alpha value is -2.30. The van der Waals surface area contributed by atoms with Gasteiger partial charge in [0.15, 0.2) is 0 Å². The standard InChI is InChI=1S/C16H14F3NO/c1-16(2,10-6-8-11(17)9-7-10)15(21)20-14-12(18)4-3-5-13(14)19/h3-9H,1-2H3,(H,20,21). The highest BCUT2D eigenvalue weighted by molar-refractivity contribution is 5.98. The van der Waals surface area contributed by atoms with Gasteiger partial charge in [0.1, 0.15) is 23.1 Å². The number of carbonyl (C=O) groups is 1. The largest absolute Gasteiger partial charge is 0.320 e. The molecular weight excluding hydrogens is 279 g/mol. The molecule has 0 fully saturated rings. The molecule has 0 bridgehead atoms. The fourth-order valence-electron chi connectivity index (χ4n) is 1.88. The third-order valence-corrected chi connectivity index (χ3v) is 3.33. The van der Waals surface area contributed by atoms with Crippen molar-refractivity contribution >= 4 is 11.6 Å². The molecule has 110 valence electrons. The topological polar surface area (TPSA) is 29.1 Å². The molecule has 0 saturated heterocycles. The molecular formula is C16H14F3NO. The van der Waals surface area contributed by atoms with Crippen molar-refractivity contribution in [1.29, 1.82) is 0 Å². The second kappa shape index (κ2) is 5.60. The lowest BCUT2D eigenvalue weighted by atomic mass is 9.83. The second-order valence-electron chi connectivity index (χ2n) is 5.18. The van der Waals surface area contributed by atoms with Gasteiger partial charge < -0.3 is 5.32 Å². The van der Waals surface area contributed by atoms with Crippen LogP contribution >= 0.6 is 0 Å². The zero-order valence-corrected chi connectivity index (χ0v) is 11.6. The molecule has 2 aromatic rings. The normalized spacial score (nSPS) is 11.3. The fraction of sp³-hybridized carbons (Fsp3) is 0.188. The number of halogens is 3. The molecule has 0 unspecified atom stereocenters. The molecule has 0 heterocycles. The van der Waals surface area contributed by atoms with E-state index in [1.807, 2.05) is 0 Å². The molecule has 0 aliphatic carbocycles. The quantitative estimate of drug-likeness (QED) is 0.910. The van der Waals surface area contributed by atoms with Gasteiger partial charge in [-0.2, -0.15) is 0 Å². The summed E-state index contributed by atoms with van der Waals surface area (Å²) in [5.41, 5.74) is -1.02. The van der Waals surface area contributed by atoms with Crippen molar-refractivity contribution in [1.82, 2.24) is 0 Å². The summed E-state index contributed by atoms with van der Waals surface area (Å²) in [5.74, 6) is -2.70. The number of rotatable bonds is 3. The highest BCUT2D eigenvalue weighted by Crippen LogP contribution is 2.27. The third-order valence-electron chi connectivity index (χ3n) is 3.33. The van der Waals surface area contributed by atoms with Crippen molar-refractivity contribution in [3.05, 3.63) is 65.5 Å². The maximum atomic E-state index is 13.6. The first-order chi connectivity index (χ1) is 9.82. The lowest BCUT2D eigenvalue weighted by molar-refractivity contribution is -0.120. The molecule has 0 atom stereocenters. The molecule has 0 aliphatic rings. The van der Waals surface area contributed by atoms with E-state index in [0.29, 0.717) is 5.56 Å². The van der Waals surface area contributed by atoms with Crippen molar-refractivity contribution in [3.63, 3.8) is 0 Å². The van der Waals surface area contributed by atoms with Crippen molar-refractivity contribution < 1.29 is 18.0 Å². The Kier molecular flexibility index (Phi) is 4.02. The number of hydrogen-bond donors (Lipinski definition) is 1. The summed E-state index contributed by atoms with van der Waals surface area (Å²) in [4.78, 5) is 12.3. The van der Waals surface area contributed by atoms with Gasteiger partial charge in [0.25, 0.3) is 0 Å². The van der Waals surface area contributed by atoms with Gasteiger partial charge in [0, 0.05) is 0 Å². The number of nitrogens with one attached hydrogen (secondary N) is 1. The summed E-state index contributed by atoms with van der Waals surface area (Å²) in [7, 11) is 0. The predicted molar refractivity (Wildman–Crippen MR) is 74.4 cm³/mol. The Morgan fingerprint density at radius 2 is 1.48 bits per heavy atom. The Labute approximate surface area is 120 Å². The summed E-state index contributed by atoms with van der Waals surface area (Å²) in [6.07, 6.45) is 0. The van der Waals surface area contributed by atoms with Crippen LogP contribution < -0.4 is 5.32 Å². The third kappa shape index (κ3) is 3.07. The van der Waals surface area contributed by atoms with Gasteiger partial charge in [-0.3, -0.25) is 4.79 Å². The van der Waals surface area contributed by atoms with Crippen molar-refractivity contribution in [3.8, 4) is 0 Å². The minimum absolute atomic E-state index is 0.421. The molecule has 2 rings (SSSR count). The number of hydrogen-bond acceptors (Lipinski definition) is 1. The lowest BCUT2D eigenvalue weighted by Crippen LogP contribution is -2.35. The number of amides is 1. The Balaban J connectivity index is 2.28. The maximum Gasteiger partial charge on any atom is 0.234 e. The first-order valence-corrected chi connectivity index (χ1v) is 6.34. The zero-order chi connectivity index (χ0) is 15.6. The molecule has 0 radical (unpaired) electrons. The number of anilines is 1. The van der Waals surface area contributed by atoms with E-state index in [-0.39, 0.29) is 0 Å². The van der Waals surface area contributed by atoms with Gasteiger partial charge in [-0.1, -0.05) is 18.2 Å². The molecule has 0 aliphatic heterocycles. The van der Waals surface area contributed by atoms with Crippen LogP contribution in [0.4, 0.5) is 18.9 Å². The van der Waals surface area contributed by atoms with E-state index in [9.17, 15) is 18.0 Å². The van der Waals surface area contributed by atoms with Crippen LogP contribution in [0.5, 0.6) is 0 Å². The molecule has 5 heteroatoms. The van der Waals surface area contributed by atoms with E-state index >= 15 is 0 Å². The lowest BCUT2D eigenvalue weighted by Gasteiger charge is -2.24. The van der Waals surface area contributed by atoms with E-state index in [1.165, 1.54) is 30.3 Å². The first-order valence-electron chi connectivity index (χ1n) is 6.34. The molecule has 1 N–H and O–H groups in total. The van der Waals surface area contributed by atoms with Crippen LogP contribution in [0.25, 0.3) is 0 Å². The average Bonchev–Trinajstić information content (AvgIpc) is 2.43. The van der Waals surface area contributed by atoms with Crippen LogP contribution in [-0.2, 0) is 10.2 Å². The van der Waals surface area contributed by atoms with Crippen LogP contribution in [0.2, 0.25) is 0 Å². The Bertz CT molecular complexity index is 645. The molecule has 21 heavy (non-hydrogen) atoms. The van der Waals surface area contributed by atoms with Crippen molar-refractivity contribution in [2.75, 3.05) is 5.32 Å². The van der Waals surface area contributed by atoms with Gasteiger partial charge in [-0.15, -0.1) is 0 Å². The van der Waals surface area contributed by atoms with Gasteiger partial charge in [0.2, 0.25) is 5.91 Å². The van der Waals surface area contributed by atoms with Crippen LogP contribution in [-0.4, -0.2) is 5.91 Å². The smallest absolute Gasteiger partial charge is 0.234 e.